The van der Waals surface area contributed by atoms with Crippen LogP contribution in [0.1, 0.15) is 27.5 Å². The molecule has 0 fully saturated rings. The van der Waals surface area contributed by atoms with Crippen molar-refractivity contribution in [3.05, 3.63) is 68.0 Å². The van der Waals surface area contributed by atoms with Crippen molar-refractivity contribution in [3.8, 4) is 0 Å². The average molecular weight is 419 g/mol. The van der Waals surface area contributed by atoms with E-state index in [0.29, 0.717) is 0 Å². The number of amides is 1. The molecule has 1 heterocycles. The number of pyridine rings is 1. The Kier molecular flexibility index (Phi) is 6.02. The molecule has 1 amide bonds. The molecule has 0 aliphatic heterocycles. The highest BCUT2D eigenvalue weighted by Crippen LogP contribution is 2.30. The molecule has 2 aromatic rings. The molecule has 5 nitrogen and oxygen atoms in total. The third kappa shape index (κ3) is 4.93. The van der Waals surface area contributed by atoms with Gasteiger partial charge in [-0.3, -0.25) is 9.59 Å². The van der Waals surface area contributed by atoms with Crippen LogP contribution in [0, 0.1) is 0 Å². The number of hydrogen-bond donors (Lipinski definition) is 2. The molecule has 25 heavy (non-hydrogen) atoms. The molecule has 2 N–H and O–H groups in total. The van der Waals surface area contributed by atoms with Gasteiger partial charge in [0, 0.05) is 13.3 Å². The van der Waals surface area contributed by atoms with Gasteiger partial charge in [-0.1, -0.05) is 12.1 Å². The highest BCUT2D eigenvalue weighted by molar-refractivity contribution is 9.10. The summed E-state index contributed by atoms with van der Waals surface area (Å²) in [5.74, 6) is -0.559. The van der Waals surface area contributed by atoms with E-state index in [0.717, 1.165) is 12.1 Å². The molecule has 0 spiro atoms. The summed E-state index contributed by atoms with van der Waals surface area (Å²) in [5.41, 5.74) is -0.803. The maximum absolute atomic E-state index is 12.9. The Labute approximate surface area is 149 Å². The number of carbonyl (C=O) groups is 1. The van der Waals surface area contributed by atoms with E-state index >= 15 is 0 Å². The summed E-state index contributed by atoms with van der Waals surface area (Å²) in [6, 6.07) is 5.20. The Morgan fingerprint density at radius 1 is 1.36 bits per heavy atom. The summed E-state index contributed by atoms with van der Waals surface area (Å²) in [4.78, 5) is 26.0. The number of H-pyrrole nitrogens is 1. The first-order chi connectivity index (χ1) is 11.7. The molecule has 0 aliphatic rings. The van der Waals surface area contributed by atoms with E-state index in [1.54, 1.807) is 0 Å². The van der Waals surface area contributed by atoms with Gasteiger partial charge in [-0.2, -0.15) is 13.2 Å². The van der Waals surface area contributed by atoms with Gasteiger partial charge in [-0.05, 0) is 39.7 Å². The van der Waals surface area contributed by atoms with Crippen LogP contribution >= 0.6 is 15.9 Å². The second kappa shape index (κ2) is 7.83. The van der Waals surface area contributed by atoms with Crippen LogP contribution in [0.15, 0.2) is 45.8 Å². The Morgan fingerprint density at radius 3 is 2.68 bits per heavy atom. The number of nitrogens with one attached hydrogen (secondary N) is 2. The smallest absolute Gasteiger partial charge is 0.382 e. The minimum atomic E-state index is -4.48. The largest absolute Gasteiger partial charge is 0.416 e. The van der Waals surface area contributed by atoms with Crippen LogP contribution in [-0.4, -0.2) is 24.6 Å². The summed E-state index contributed by atoms with van der Waals surface area (Å²) >= 11 is 3.01. The van der Waals surface area contributed by atoms with Crippen LogP contribution in [0.5, 0.6) is 0 Å². The monoisotopic (exact) mass is 418 g/mol. The van der Waals surface area contributed by atoms with Gasteiger partial charge in [0.25, 0.3) is 11.5 Å². The van der Waals surface area contributed by atoms with Crippen LogP contribution in [-0.2, 0) is 10.9 Å². The van der Waals surface area contributed by atoms with Gasteiger partial charge in [0.1, 0.15) is 0 Å². The average Bonchev–Trinajstić information content (AvgIpc) is 2.56. The Hall–Kier alpha value is -2.13. The summed E-state index contributed by atoms with van der Waals surface area (Å²) in [5, 5.41) is 2.60. The van der Waals surface area contributed by atoms with Crippen molar-refractivity contribution in [1.82, 2.24) is 10.3 Å². The topological polar surface area (TPSA) is 71.2 Å². The predicted octanol–water partition coefficient (Wildman–Crippen LogP) is 3.27. The lowest BCUT2D eigenvalue weighted by molar-refractivity contribution is -0.137. The first kappa shape index (κ1) is 19.2. The molecule has 1 aromatic carbocycles. The molecule has 2 rings (SSSR count). The molecule has 1 atom stereocenters. The molecule has 0 aliphatic carbocycles. The molecule has 0 radical (unpaired) electrons. The molecule has 0 bridgehead atoms. The van der Waals surface area contributed by atoms with Gasteiger partial charge < -0.3 is 15.0 Å². The Bertz CT molecular complexity index is 821. The Morgan fingerprint density at radius 2 is 2.08 bits per heavy atom. The predicted molar refractivity (Wildman–Crippen MR) is 88.3 cm³/mol. The SMILES string of the molecule is COCC(NC(=O)c1c[nH]c(=O)c(Br)c1)c1cccc(C(F)(F)F)c1. The maximum Gasteiger partial charge on any atom is 0.416 e. The zero-order chi connectivity index (χ0) is 18.6. The number of ether oxygens (including phenoxy) is 1. The van der Waals surface area contributed by atoms with Crippen molar-refractivity contribution >= 4 is 21.8 Å². The van der Waals surface area contributed by atoms with E-state index in [1.807, 2.05) is 0 Å². The third-order valence-electron chi connectivity index (χ3n) is 3.38. The maximum atomic E-state index is 12.9. The van der Waals surface area contributed by atoms with Crippen molar-refractivity contribution in [2.75, 3.05) is 13.7 Å². The Balaban J connectivity index is 2.27. The lowest BCUT2D eigenvalue weighted by Crippen LogP contribution is -2.32. The van der Waals surface area contributed by atoms with Crippen LogP contribution in [0.4, 0.5) is 13.2 Å². The fourth-order valence-electron chi connectivity index (χ4n) is 2.15. The number of alkyl halides is 3. The second-order valence-corrected chi connectivity index (χ2v) is 6.02. The van der Waals surface area contributed by atoms with Gasteiger partial charge in [0.2, 0.25) is 0 Å². The summed E-state index contributed by atoms with van der Waals surface area (Å²) in [6.45, 7) is -0.0163. The molecular weight excluding hydrogens is 405 g/mol. The van der Waals surface area contributed by atoms with Gasteiger partial charge in [-0.15, -0.1) is 0 Å². The normalized spacial score (nSPS) is 12.7. The van der Waals surface area contributed by atoms with E-state index in [9.17, 15) is 22.8 Å². The zero-order valence-corrected chi connectivity index (χ0v) is 14.6. The molecule has 0 saturated heterocycles. The van der Waals surface area contributed by atoms with Crippen LogP contribution in [0.2, 0.25) is 0 Å². The summed E-state index contributed by atoms with van der Waals surface area (Å²) in [6.07, 6.45) is -3.26. The van der Waals surface area contributed by atoms with Crippen molar-refractivity contribution in [1.29, 1.82) is 0 Å². The van der Waals surface area contributed by atoms with E-state index in [1.165, 1.54) is 31.5 Å². The minimum Gasteiger partial charge on any atom is -0.382 e. The molecular formula is C16H14BrF3N2O3. The van der Waals surface area contributed by atoms with Gasteiger partial charge in [0.15, 0.2) is 0 Å². The van der Waals surface area contributed by atoms with Crippen molar-refractivity contribution < 1.29 is 22.7 Å². The molecule has 0 saturated carbocycles. The van der Waals surface area contributed by atoms with E-state index < -0.39 is 29.2 Å². The van der Waals surface area contributed by atoms with Crippen LogP contribution < -0.4 is 10.9 Å². The van der Waals surface area contributed by atoms with Crippen LogP contribution in [0.25, 0.3) is 0 Å². The number of methoxy groups -OCH3 is 1. The molecule has 1 unspecified atom stereocenters. The molecule has 134 valence electrons. The van der Waals surface area contributed by atoms with Gasteiger partial charge in [0.05, 0.1) is 28.2 Å². The van der Waals surface area contributed by atoms with E-state index in [2.05, 4.69) is 26.2 Å². The highest BCUT2D eigenvalue weighted by Gasteiger charge is 2.31. The van der Waals surface area contributed by atoms with Crippen molar-refractivity contribution in [2.24, 2.45) is 0 Å². The van der Waals surface area contributed by atoms with Gasteiger partial charge >= 0.3 is 6.18 Å². The van der Waals surface area contributed by atoms with Gasteiger partial charge in [-0.25, -0.2) is 0 Å². The van der Waals surface area contributed by atoms with Crippen LogP contribution in [0.3, 0.4) is 0 Å². The van der Waals surface area contributed by atoms with E-state index in [4.69, 9.17) is 4.74 Å². The number of halogens is 4. The number of aromatic amines is 1. The first-order valence-electron chi connectivity index (χ1n) is 7.07. The number of hydrogen-bond acceptors (Lipinski definition) is 3. The number of carbonyl (C=O) groups excluding carboxylic acids is 1. The molecule has 9 heteroatoms. The zero-order valence-electron chi connectivity index (χ0n) is 13.0. The lowest BCUT2D eigenvalue weighted by Gasteiger charge is -2.19. The number of aromatic nitrogens is 1. The molecule has 1 aromatic heterocycles. The standard InChI is InChI=1S/C16H14BrF3N2O3/c1-25-8-13(9-3-2-4-11(5-9)16(18,19)20)22-14(23)10-6-12(17)15(24)21-7-10/h2-7,13H,8H2,1H3,(H,21,24)(H,22,23). The third-order valence-corrected chi connectivity index (χ3v) is 3.96. The summed E-state index contributed by atoms with van der Waals surface area (Å²) in [7, 11) is 1.38. The van der Waals surface area contributed by atoms with E-state index in [-0.39, 0.29) is 22.2 Å². The highest BCUT2D eigenvalue weighted by atomic mass is 79.9. The van der Waals surface area contributed by atoms with Crippen molar-refractivity contribution in [2.45, 2.75) is 12.2 Å². The number of rotatable bonds is 5. The second-order valence-electron chi connectivity index (χ2n) is 5.17. The number of benzene rings is 1. The van der Waals surface area contributed by atoms with Crippen molar-refractivity contribution in [3.63, 3.8) is 0 Å². The summed E-state index contributed by atoms with van der Waals surface area (Å²) < 4.78 is 43.8. The quantitative estimate of drug-likeness (QED) is 0.782. The minimum absolute atomic E-state index is 0.0163. The fraction of sp³-hybridized carbons (Fsp3) is 0.250. The lowest BCUT2D eigenvalue weighted by atomic mass is 10.0. The fourth-order valence-corrected chi connectivity index (χ4v) is 2.51. The first-order valence-corrected chi connectivity index (χ1v) is 7.87.